The monoisotopic (exact) mass is 337 g/mol. The Hall–Kier alpha value is -2.63. The van der Waals surface area contributed by atoms with Crippen molar-refractivity contribution in [2.45, 2.75) is 45.3 Å². The highest BCUT2D eigenvalue weighted by Crippen LogP contribution is 2.21. The van der Waals surface area contributed by atoms with Crippen LogP contribution in [0.2, 0.25) is 0 Å². The molecule has 2 aromatic heterocycles. The zero-order chi connectivity index (χ0) is 17.2. The van der Waals surface area contributed by atoms with Gasteiger partial charge in [-0.15, -0.1) is 0 Å². The fourth-order valence-electron chi connectivity index (χ4n) is 3.78. The molecular weight excluding hydrogens is 314 g/mol. The predicted octanol–water partition coefficient (Wildman–Crippen LogP) is 2.49. The van der Waals surface area contributed by atoms with Gasteiger partial charge >= 0.3 is 0 Å². The van der Waals surface area contributed by atoms with Crippen molar-refractivity contribution in [3.05, 3.63) is 48.5 Å². The number of hydrogen-bond donors (Lipinski definition) is 0. The molecule has 6 nitrogen and oxygen atoms in total. The number of hydrogen-bond acceptors (Lipinski definition) is 3. The van der Waals surface area contributed by atoms with Gasteiger partial charge in [-0.3, -0.25) is 9.48 Å². The Labute approximate surface area is 147 Å². The van der Waals surface area contributed by atoms with Crippen molar-refractivity contribution in [1.82, 2.24) is 24.2 Å². The highest BCUT2D eigenvalue weighted by Gasteiger charge is 2.29. The number of amides is 1. The summed E-state index contributed by atoms with van der Waals surface area (Å²) in [5.74, 6) is 1.14. The van der Waals surface area contributed by atoms with E-state index >= 15 is 0 Å². The Bertz CT molecular complexity index is 867. The Kier molecular flexibility index (Phi) is 4.26. The second-order valence-corrected chi connectivity index (χ2v) is 6.57. The molecule has 1 amide bonds. The van der Waals surface area contributed by atoms with Crippen LogP contribution in [0.15, 0.2) is 42.7 Å². The molecule has 0 aliphatic carbocycles. The van der Waals surface area contributed by atoms with Crippen LogP contribution < -0.4 is 0 Å². The average Bonchev–Trinajstić information content (AvgIpc) is 3.36. The summed E-state index contributed by atoms with van der Waals surface area (Å²) in [4.78, 5) is 19.7. The van der Waals surface area contributed by atoms with Crippen LogP contribution in [0.3, 0.4) is 0 Å². The maximum atomic E-state index is 13.0. The minimum Gasteiger partial charge on any atom is -0.336 e. The van der Waals surface area contributed by atoms with Crippen LogP contribution in [0, 0.1) is 0 Å². The molecule has 130 valence electrons. The van der Waals surface area contributed by atoms with Crippen LogP contribution in [0.1, 0.15) is 25.6 Å². The molecule has 1 aliphatic heterocycles. The van der Waals surface area contributed by atoms with Crippen LogP contribution in [-0.4, -0.2) is 42.7 Å². The number of para-hydroxylation sites is 2. The van der Waals surface area contributed by atoms with Gasteiger partial charge in [0.25, 0.3) is 0 Å². The van der Waals surface area contributed by atoms with E-state index in [4.69, 9.17) is 0 Å². The standard InChI is InChI=1S/C19H23N5O/c1-2-18-21-16-8-3-4-9-17(16)24(18)14-19(25)23-12-5-7-15(23)13-22-11-6-10-20-22/h3-4,6,8-11,15H,2,5,7,12-14H2,1H3. The molecule has 1 aromatic carbocycles. The van der Waals surface area contributed by atoms with Gasteiger partial charge in [0.1, 0.15) is 12.4 Å². The van der Waals surface area contributed by atoms with Crippen LogP contribution in [0.25, 0.3) is 11.0 Å². The lowest BCUT2D eigenvalue weighted by Crippen LogP contribution is -2.40. The molecule has 0 spiro atoms. The first kappa shape index (κ1) is 15.9. The molecule has 6 heteroatoms. The van der Waals surface area contributed by atoms with Crippen LogP contribution >= 0.6 is 0 Å². The molecule has 1 fully saturated rings. The summed E-state index contributed by atoms with van der Waals surface area (Å²) in [7, 11) is 0. The van der Waals surface area contributed by atoms with Gasteiger partial charge < -0.3 is 9.47 Å². The number of imidazole rings is 1. The van der Waals surface area contributed by atoms with Crippen LogP contribution in [0.4, 0.5) is 0 Å². The molecule has 1 unspecified atom stereocenters. The van der Waals surface area contributed by atoms with Gasteiger partial charge in [-0.2, -0.15) is 5.10 Å². The van der Waals surface area contributed by atoms with E-state index in [9.17, 15) is 4.79 Å². The van der Waals surface area contributed by atoms with E-state index in [1.54, 1.807) is 6.20 Å². The van der Waals surface area contributed by atoms with Crippen molar-refractivity contribution >= 4 is 16.9 Å². The summed E-state index contributed by atoms with van der Waals surface area (Å²) in [6, 6.07) is 10.2. The third-order valence-corrected chi connectivity index (χ3v) is 5.00. The topological polar surface area (TPSA) is 56.0 Å². The lowest BCUT2D eigenvalue weighted by Gasteiger charge is -2.25. The average molecular weight is 337 g/mol. The normalized spacial score (nSPS) is 17.5. The van der Waals surface area contributed by atoms with E-state index in [1.807, 2.05) is 46.1 Å². The molecule has 25 heavy (non-hydrogen) atoms. The smallest absolute Gasteiger partial charge is 0.242 e. The Balaban J connectivity index is 1.55. The quantitative estimate of drug-likeness (QED) is 0.719. The molecule has 0 bridgehead atoms. The predicted molar refractivity (Wildman–Crippen MR) is 96.1 cm³/mol. The van der Waals surface area contributed by atoms with E-state index in [0.717, 1.165) is 49.2 Å². The maximum absolute atomic E-state index is 13.0. The number of fused-ring (bicyclic) bond motifs is 1. The van der Waals surface area contributed by atoms with Crippen LogP contribution in [-0.2, 0) is 24.3 Å². The van der Waals surface area contributed by atoms with Crippen molar-refractivity contribution in [2.24, 2.45) is 0 Å². The number of carbonyl (C=O) groups excluding carboxylic acids is 1. The number of aromatic nitrogens is 4. The number of rotatable bonds is 5. The molecule has 1 saturated heterocycles. The summed E-state index contributed by atoms with van der Waals surface area (Å²) in [6.07, 6.45) is 6.66. The minimum atomic E-state index is 0.174. The van der Waals surface area contributed by atoms with E-state index in [2.05, 4.69) is 21.6 Å². The SMILES string of the molecule is CCc1nc2ccccc2n1CC(=O)N1CCCC1Cn1cccn1. The first-order valence-corrected chi connectivity index (χ1v) is 8.97. The first-order valence-electron chi connectivity index (χ1n) is 8.97. The van der Waals surface area contributed by atoms with Gasteiger partial charge in [-0.1, -0.05) is 19.1 Å². The largest absolute Gasteiger partial charge is 0.336 e. The molecule has 3 aromatic rings. The zero-order valence-corrected chi connectivity index (χ0v) is 14.5. The van der Waals surface area contributed by atoms with Gasteiger partial charge in [0, 0.05) is 25.4 Å². The third-order valence-electron chi connectivity index (χ3n) is 5.00. The highest BCUT2D eigenvalue weighted by molar-refractivity contribution is 5.81. The van der Waals surface area contributed by atoms with Crippen molar-refractivity contribution in [3.63, 3.8) is 0 Å². The number of nitrogens with zero attached hydrogens (tertiary/aromatic N) is 5. The molecule has 0 saturated carbocycles. The number of likely N-dealkylation sites (tertiary alicyclic amines) is 1. The molecule has 0 radical (unpaired) electrons. The molecule has 4 rings (SSSR count). The Morgan fingerprint density at radius 2 is 2.16 bits per heavy atom. The van der Waals surface area contributed by atoms with E-state index < -0.39 is 0 Å². The molecule has 0 N–H and O–H groups in total. The van der Waals surface area contributed by atoms with Gasteiger partial charge in [0.15, 0.2) is 0 Å². The zero-order valence-electron chi connectivity index (χ0n) is 14.5. The fraction of sp³-hybridized carbons (Fsp3) is 0.421. The van der Waals surface area contributed by atoms with Crippen molar-refractivity contribution in [3.8, 4) is 0 Å². The number of benzene rings is 1. The van der Waals surface area contributed by atoms with Crippen molar-refractivity contribution in [1.29, 1.82) is 0 Å². The number of aryl methyl sites for hydroxylation is 1. The summed E-state index contributed by atoms with van der Waals surface area (Å²) in [6.45, 7) is 4.04. The molecule has 1 aliphatic rings. The first-order chi connectivity index (χ1) is 12.3. The van der Waals surface area contributed by atoms with Crippen molar-refractivity contribution < 1.29 is 4.79 Å². The van der Waals surface area contributed by atoms with Gasteiger partial charge in [-0.25, -0.2) is 4.98 Å². The van der Waals surface area contributed by atoms with Crippen LogP contribution in [0.5, 0.6) is 0 Å². The van der Waals surface area contributed by atoms with Crippen molar-refractivity contribution in [2.75, 3.05) is 6.54 Å². The van der Waals surface area contributed by atoms with Gasteiger partial charge in [0.05, 0.1) is 23.6 Å². The van der Waals surface area contributed by atoms with E-state index in [0.29, 0.717) is 6.54 Å². The van der Waals surface area contributed by atoms with E-state index in [1.165, 1.54) is 0 Å². The second kappa shape index (κ2) is 6.70. The maximum Gasteiger partial charge on any atom is 0.242 e. The molecule has 1 atom stereocenters. The van der Waals surface area contributed by atoms with Gasteiger partial charge in [-0.05, 0) is 31.0 Å². The third kappa shape index (κ3) is 3.04. The lowest BCUT2D eigenvalue weighted by atomic mass is 10.2. The number of carbonyl (C=O) groups is 1. The Morgan fingerprint density at radius 1 is 1.28 bits per heavy atom. The molecule has 3 heterocycles. The lowest BCUT2D eigenvalue weighted by molar-refractivity contribution is -0.132. The summed E-state index contributed by atoms with van der Waals surface area (Å²) in [5.41, 5.74) is 2.00. The Morgan fingerprint density at radius 3 is 2.96 bits per heavy atom. The van der Waals surface area contributed by atoms with E-state index in [-0.39, 0.29) is 11.9 Å². The highest BCUT2D eigenvalue weighted by atomic mass is 16.2. The van der Waals surface area contributed by atoms with Gasteiger partial charge in [0.2, 0.25) is 5.91 Å². The molecular formula is C19H23N5O. The minimum absolute atomic E-state index is 0.174. The second-order valence-electron chi connectivity index (χ2n) is 6.57. The summed E-state index contributed by atoms with van der Waals surface area (Å²) >= 11 is 0. The summed E-state index contributed by atoms with van der Waals surface area (Å²) in [5, 5.41) is 4.28. The fourth-order valence-corrected chi connectivity index (χ4v) is 3.78. The summed E-state index contributed by atoms with van der Waals surface area (Å²) < 4.78 is 3.99.